The minimum absolute atomic E-state index is 0.258. The predicted octanol–water partition coefficient (Wildman–Crippen LogP) is 5.97. The van der Waals surface area contributed by atoms with Crippen molar-refractivity contribution in [1.82, 2.24) is 4.98 Å². The molecule has 0 aliphatic carbocycles. The summed E-state index contributed by atoms with van der Waals surface area (Å²) in [6, 6.07) is 15.8. The molecule has 2 heterocycles. The summed E-state index contributed by atoms with van der Waals surface area (Å²) >= 11 is 1.82. The van der Waals surface area contributed by atoms with Gasteiger partial charge in [0.25, 0.3) is 0 Å². The van der Waals surface area contributed by atoms with E-state index in [0.717, 1.165) is 48.6 Å². The first-order chi connectivity index (χ1) is 13.5. The largest absolute Gasteiger partial charge is 0.508 e. The van der Waals surface area contributed by atoms with Gasteiger partial charge in [-0.05, 0) is 80.8 Å². The third-order valence-electron chi connectivity index (χ3n) is 4.36. The smallest absolute Gasteiger partial charge is 0.127 e. The first-order valence-corrected chi connectivity index (χ1v) is 10.6. The van der Waals surface area contributed by atoms with Crippen molar-refractivity contribution >= 4 is 17.2 Å². The van der Waals surface area contributed by atoms with E-state index in [0.29, 0.717) is 0 Å². The van der Waals surface area contributed by atoms with Crippen LogP contribution in [0.4, 0.5) is 5.82 Å². The van der Waals surface area contributed by atoms with Gasteiger partial charge in [0, 0.05) is 28.5 Å². The van der Waals surface area contributed by atoms with Gasteiger partial charge in [-0.3, -0.25) is 0 Å². The predicted molar refractivity (Wildman–Crippen MR) is 118 cm³/mol. The van der Waals surface area contributed by atoms with Gasteiger partial charge in [-0.15, -0.1) is 11.3 Å². The summed E-state index contributed by atoms with van der Waals surface area (Å²) in [7, 11) is 0. The van der Waals surface area contributed by atoms with E-state index in [1.807, 2.05) is 37.3 Å². The minimum Gasteiger partial charge on any atom is -0.508 e. The topological polar surface area (TPSA) is 54.4 Å². The Morgan fingerprint density at radius 3 is 2.54 bits per heavy atom. The standard InChI is InChI=1S/C23H28N2O2S/c1-4-20-10-11-22(28-20)18-14-21(17-6-8-19(26)9-7-17)25-23(15-18)24-12-5-13-27-16(2)3/h6-11,14-16,26H,4-5,12-13H2,1-3H3,(H,24,25). The first-order valence-electron chi connectivity index (χ1n) is 9.81. The molecule has 0 spiro atoms. The van der Waals surface area contributed by atoms with Crippen molar-refractivity contribution in [1.29, 1.82) is 0 Å². The van der Waals surface area contributed by atoms with Crippen molar-refractivity contribution in [2.45, 2.75) is 39.7 Å². The zero-order valence-corrected chi connectivity index (χ0v) is 17.6. The van der Waals surface area contributed by atoms with E-state index in [1.165, 1.54) is 9.75 Å². The SMILES string of the molecule is CCc1ccc(-c2cc(NCCCOC(C)C)nc(-c3ccc(O)cc3)c2)s1. The summed E-state index contributed by atoms with van der Waals surface area (Å²) in [5.41, 5.74) is 3.03. The Labute approximate surface area is 171 Å². The number of phenols is 1. The number of hydrogen-bond donors (Lipinski definition) is 2. The highest BCUT2D eigenvalue weighted by atomic mass is 32.1. The lowest BCUT2D eigenvalue weighted by molar-refractivity contribution is 0.0787. The Morgan fingerprint density at radius 2 is 1.86 bits per heavy atom. The van der Waals surface area contributed by atoms with Crippen molar-refractivity contribution in [3.05, 3.63) is 53.4 Å². The second-order valence-electron chi connectivity index (χ2n) is 6.99. The monoisotopic (exact) mass is 396 g/mol. The van der Waals surface area contributed by atoms with Crippen molar-refractivity contribution in [3.8, 4) is 27.4 Å². The summed E-state index contributed by atoms with van der Waals surface area (Å²) in [4.78, 5) is 7.40. The van der Waals surface area contributed by atoms with Crippen LogP contribution in [0.15, 0.2) is 48.5 Å². The van der Waals surface area contributed by atoms with Gasteiger partial charge >= 0.3 is 0 Å². The molecule has 2 N–H and O–H groups in total. The minimum atomic E-state index is 0.258. The lowest BCUT2D eigenvalue weighted by Crippen LogP contribution is -2.10. The fraction of sp³-hybridized carbons (Fsp3) is 0.348. The molecule has 3 aromatic rings. The van der Waals surface area contributed by atoms with Crippen molar-refractivity contribution in [2.24, 2.45) is 0 Å². The highest BCUT2D eigenvalue weighted by Gasteiger charge is 2.09. The maximum absolute atomic E-state index is 9.58. The van der Waals surface area contributed by atoms with Crippen molar-refractivity contribution in [2.75, 3.05) is 18.5 Å². The molecule has 0 unspecified atom stereocenters. The van der Waals surface area contributed by atoms with Crippen LogP contribution in [0.25, 0.3) is 21.7 Å². The van der Waals surface area contributed by atoms with E-state index in [4.69, 9.17) is 9.72 Å². The van der Waals surface area contributed by atoms with E-state index < -0.39 is 0 Å². The molecule has 28 heavy (non-hydrogen) atoms. The second-order valence-corrected chi connectivity index (χ2v) is 8.16. The molecule has 5 heteroatoms. The summed E-state index contributed by atoms with van der Waals surface area (Å²) in [5, 5.41) is 13.0. The second kappa shape index (κ2) is 9.71. The summed E-state index contributed by atoms with van der Waals surface area (Å²) < 4.78 is 5.61. The maximum atomic E-state index is 9.58. The fourth-order valence-corrected chi connectivity index (χ4v) is 3.81. The summed E-state index contributed by atoms with van der Waals surface area (Å²) in [6.07, 6.45) is 2.23. The molecule has 1 aromatic carbocycles. The van der Waals surface area contributed by atoms with Crippen LogP contribution in [0.1, 0.15) is 32.1 Å². The van der Waals surface area contributed by atoms with Crippen LogP contribution >= 0.6 is 11.3 Å². The molecule has 0 saturated carbocycles. The molecular weight excluding hydrogens is 368 g/mol. The van der Waals surface area contributed by atoms with Gasteiger partial charge < -0.3 is 15.2 Å². The molecule has 148 valence electrons. The number of hydrogen-bond acceptors (Lipinski definition) is 5. The van der Waals surface area contributed by atoms with Gasteiger partial charge in [0.15, 0.2) is 0 Å². The number of ether oxygens (including phenoxy) is 1. The molecule has 2 aromatic heterocycles. The van der Waals surface area contributed by atoms with Gasteiger partial charge in [-0.2, -0.15) is 0 Å². The molecule has 0 saturated heterocycles. The molecule has 0 amide bonds. The molecule has 0 bridgehead atoms. The van der Waals surface area contributed by atoms with Crippen LogP contribution < -0.4 is 5.32 Å². The van der Waals surface area contributed by atoms with E-state index >= 15 is 0 Å². The zero-order valence-electron chi connectivity index (χ0n) is 16.7. The third-order valence-corrected chi connectivity index (χ3v) is 5.64. The number of rotatable bonds is 9. The van der Waals surface area contributed by atoms with Crippen LogP contribution in [-0.4, -0.2) is 29.3 Å². The molecule has 0 radical (unpaired) electrons. The van der Waals surface area contributed by atoms with Crippen LogP contribution in [0, 0.1) is 0 Å². The Hall–Kier alpha value is -2.37. The van der Waals surface area contributed by atoms with E-state index in [9.17, 15) is 5.11 Å². The van der Waals surface area contributed by atoms with Gasteiger partial charge in [0.1, 0.15) is 11.6 Å². The van der Waals surface area contributed by atoms with E-state index in [1.54, 1.807) is 12.1 Å². The number of nitrogens with one attached hydrogen (secondary N) is 1. The average Bonchev–Trinajstić information content (AvgIpc) is 3.17. The highest BCUT2D eigenvalue weighted by molar-refractivity contribution is 7.15. The third kappa shape index (κ3) is 5.57. The van der Waals surface area contributed by atoms with Crippen LogP contribution in [0.3, 0.4) is 0 Å². The maximum Gasteiger partial charge on any atom is 0.127 e. The van der Waals surface area contributed by atoms with Gasteiger partial charge in [-0.25, -0.2) is 4.98 Å². The van der Waals surface area contributed by atoms with Gasteiger partial charge in [-0.1, -0.05) is 6.92 Å². The number of aryl methyl sites for hydroxylation is 1. The highest BCUT2D eigenvalue weighted by Crippen LogP contribution is 2.33. The Balaban J connectivity index is 1.84. The summed E-state index contributed by atoms with van der Waals surface area (Å²) in [5.74, 6) is 1.12. The van der Waals surface area contributed by atoms with E-state index in [-0.39, 0.29) is 11.9 Å². The normalized spacial score (nSPS) is 11.1. The Kier molecular flexibility index (Phi) is 7.06. The molecule has 0 atom stereocenters. The first kappa shape index (κ1) is 20.4. The number of benzene rings is 1. The van der Waals surface area contributed by atoms with Crippen molar-refractivity contribution in [3.63, 3.8) is 0 Å². The van der Waals surface area contributed by atoms with Gasteiger partial charge in [0.05, 0.1) is 11.8 Å². The molecule has 4 nitrogen and oxygen atoms in total. The molecule has 3 rings (SSSR count). The number of nitrogens with zero attached hydrogens (tertiary/aromatic N) is 1. The molecule has 0 aliphatic heterocycles. The lowest BCUT2D eigenvalue weighted by Gasteiger charge is -2.12. The van der Waals surface area contributed by atoms with Gasteiger partial charge in [0.2, 0.25) is 0 Å². The molecular formula is C23H28N2O2S. The van der Waals surface area contributed by atoms with Crippen LogP contribution in [0.5, 0.6) is 5.75 Å². The quantitative estimate of drug-likeness (QED) is 0.437. The Bertz CT molecular complexity index is 888. The fourth-order valence-electron chi connectivity index (χ4n) is 2.87. The number of pyridine rings is 1. The molecule has 0 fully saturated rings. The van der Waals surface area contributed by atoms with Crippen LogP contribution in [0.2, 0.25) is 0 Å². The number of aromatic hydroxyl groups is 1. The molecule has 0 aliphatic rings. The lowest BCUT2D eigenvalue weighted by atomic mass is 10.1. The summed E-state index contributed by atoms with van der Waals surface area (Å²) in [6.45, 7) is 7.82. The van der Waals surface area contributed by atoms with Crippen molar-refractivity contribution < 1.29 is 9.84 Å². The van der Waals surface area contributed by atoms with Crippen LogP contribution in [-0.2, 0) is 11.2 Å². The number of aromatic nitrogens is 1. The Morgan fingerprint density at radius 1 is 1.07 bits per heavy atom. The number of phenolic OH excluding ortho intramolecular Hbond substituents is 1. The van der Waals surface area contributed by atoms with E-state index in [2.05, 4.69) is 36.5 Å². The average molecular weight is 397 g/mol. The number of thiophene rings is 1. The zero-order chi connectivity index (χ0) is 19.9. The number of anilines is 1.